The zero-order valence-corrected chi connectivity index (χ0v) is 16.7. The number of nitrogens with one attached hydrogen (secondary N) is 2. The van der Waals surface area contributed by atoms with Crippen LogP contribution in [0.3, 0.4) is 0 Å². The fourth-order valence-corrected chi connectivity index (χ4v) is 4.04. The van der Waals surface area contributed by atoms with Crippen molar-refractivity contribution in [3.05, 3.63) is 60.2 Å². The number of benzene rings is 1. The average molecular weight is 391 g/mol. The highest BCUT2D eigenvalue weighted by Crippen LogP contribution is 2.42. The lowest BCUT2D eigenvalue weighted by Gasteiger charge is -2.29. The number of rotatable bonds is 6. The predicted octanol–water partition coefficient (Wildman–Crippen LogP) is 3.56. The highest BCUT2D eigenvalue weighted by Gasteiger charge is 2.43. The van der Waals surface area contributed by atoms with Gasteiger partial charge in [-0.15, -0.1) is 0 Å². The molecule has 0 aliphatic heterocycles. The molecule has 150 valence electrons. The summed E-state index contributed by atoms with van der Waals surface area (Å²) in [5, 5.41) is 10.4. The summed E-state index contributed by atoms with van der Waals surface area (Å²) in [6.07, 6.45) is 7.18. The molecule has 29 heavy (non-hydrogen) atoms. The van der Waals surface area contributed by atoms with E-state index in [-0.39, 0.29) is 11.9 Å². The van der Waals surface area contributed by atoms with Crippen molar-refractivity contribution in [2.45, 2.75) is 44.1 Å². The van der Waals surface area contributed by atoms with Gasteiger partial charge in [0.15, 0.2) is 5.82 Å². The number of pyridine rings is 1. The largest absolute Gasteiger partial charge is 0.497 e. The molecule has 0 unspecified atom stereocenters. The van der Waals surface area contributed by atoms with Crippen LogP contribution in [0, 0.1) is 0 Å². The van der Waals surface area contributed by atoms with E-state index in [2.05, 4.69) is 25.5 Å². The first-order chi connectivity index (χ1) is 14.1. The standard InChI is InChI=1S/C22H25N5O2/c1-15(19-25-20(27-26-19)16-9-13-23-14-10-16)24-21(28)22(11-3-4-12-22)17-5-7-18(29-2)8-6-17/h5-10,13-15H,3-4,11-12H2,1-2H3,(H,24,28)(H,25,26,27)/t15-/m1/s1. The van der Waals surface area contributed by atoms with E-state index in [0.717, 1.165) is 42.6 Å². The SMILES string of the molecule is COc1ccc(C2(C(=O)N[C@H](C)c3nc(-c4ccncc4)n[nH]3)CCCC2)cc1. The van der Waals surface area contributed by atoms with Crippen molar-refractivity contribution in [1.82, 2.24) is 25.5 Å². The number of hydrogen-bond acceptors (Lipinski definition) is 5. The van der Waals surface area contributed by atoms with Crippen molar-refractivity contribution in [2.75, 3.05) is 7.11 Å². The van der Waals surface area contributed by atoms with Crippen LogP contribution in [0.1, 0.15) is 50.0 Å². The highest BCUT2D eigenvalue weighted by molar-refractivity contribution is 5.89. The molecule has 1 aliphatic rings. The normalized spacial score (nSPS) is 16.3. The third kappa shape index (κ3) is 3.72. The summed E-state index contributed by atoms with van der Waals surface area (Å²) in [6.45, 7) is 1.92. The Labute approximate surface area is 169 Å². The van der Waals surface area contributed by atoms with Crippen molar-refractivity contribution in [1.29, 1.82) is 0 Å². The van der Waals surface area contributed by atoms with E-state index in [9.17, 15) is 4.79 Å². The molecule has 0 radical (unpaired) electrons. The molecule has 0 bridgehead atoms. The van der Waals surface area contributed by atoms with Crippen LogP contribution in [0.25, 0.3) is 11.4 Å². The number of carbonyl (C=O) groups excluding carboxylic acids is 1. The number of ether oxygens (including phenoxy) is 1. The van der Waals surface area contributed by atoms with Gasteiger partial charge in [-0.1, -0.05) is 25.0 Å². The Morgan fingerprint density at radius 3 is 2.48 bits per heavy atom. The molecule has 2 N–H and O–H groups in total. The molecule has 0 saturated heterocycles. The Morgan fingerprint density at radius 1 is 1.14 bits per heavy atom. The molecule has 3 aromatic rings. The van der Waals surface area contributed by atoms with Crippen molar-refractivity contribution < 1.29 is 9.53 Å². The van der Waals surface area contributed by atoms with Crippen LogP contribution in [0.5, 0.6) is 5.75 Å². The Kier molecular flexibility index (Phi) is 5.29. The molecule has 0 spiro atoms. The van der Waals surface area contributed by atoms with Crippen molar-refractivity contribution >= 4 is 5.91 Å². The van der Waals surface area contributed by atoms with Gasteiger partial charge < -0.3 is 10.1 Å². The topological polar surface area (TPSA) is 92.8 Å². The second-order valence-corrected chi connectivity index (χ2v) is 7.49. The monoisotopic (exact) mass is 391 g/mol. The average Bonchev–Trinajstić information content (AvgIpc) is 3.45. The van der Waals surface area contributed by atoms with Gasteiger partial charge in [0.2, 0.25) is 5.91 Å². The van der Waals surface area contributed by atoms with Gasteiger partial charge in [0.05, 0.1) is 18.6 Å². The van der Waals surface area contributed by atoms with Gasteiger partial charge in [-0.25, -0.2) is 4.98 Å². The fraction of sp³-hybridized carbons (Fsp3) is 0.364. The number of aromatic nitrogens is 4. The second-order valence-electron chi connectivity index (χ2n) is 7.49. The van der Waals surface area contributed by atoms with Gasteiger partial charge in [-0.05, 0) is 49.6 Å². The van der Waals surface area contributed by atoms with E-state index < -0.39 is 5.41 Å². The van der Waals surface area contributed by atoms with Gasteiger partial charge in [0, 0.05) is 18.0 Å². The number of methoxy groups -OCH3 is 1. The summed E-state index contributed by atoms with van der Waals surface area (Å²) in [7, 11) is 1.65. The van der Waals surface area contributed by atoms with Crippen LogP contribution in [-0.4, -0.2) is 33.2 Å². The number of amides is 1. The molecule has 1 fully saturated rings. The summed E-state index contributed by atoms with van der Waals surface area (Å²) in [5.41, 5.74) is 1.41. The lowest BCUT2D eigenvalue weighted by Crippen LogP contribution is -2.43. The molecule has 4 rings (SSSR count). The van der Waals surface area contributed by atoms with Crippen LogP contribution in [-0.2, 0) is 10.2 Å². The number of hydrogen-bond donors (Lipinski definition) is 2. The molecular formula is C22H25N5O2. The minimum atomic E-state index is -0.505. The van der Waals surface area contributed by atoms with Crippen LogP contribution >= 0.6 is 0 Å². The third-order valence-corrected chi connectivity index (χ3v) is 5.73. The summed E-state index contributed by atoms with van der Waals surface area (Å²) in [4.78, 5) is 21.9. The Morgan fingerprint density at radius 2 is 1.83 bits per heavy atom. The van der Waals surface area contributed by atoms with E-state index in [1.54, 1.807) is 19.5 Å². The molecule has 1 saturated carbocycles. The van der Waals surface area contributed by atoms with E-state index in [4.69, 9.17) is 4.74 Å². The zero-order chi connectivity index (χ0) is 20.3. The minimum absolute atomic E-state index is 0.0366. The Hall–Kier alpha value is -3.22. The smallest absolute Gasteiger partial charge is 0.231 e. The van der Waals surface area contributed by atoms with Crippen LogP contribution in [0.15, 0.2) is 48.8 Å². The zero-order valence-electron chi connectivity index (χ0n) is 16.7. The number of aromatic amines is 1. The summed E-state index contributed by atoms with van der Waals surface area (Å²) in [5.74, 6) is 2.05. The highest BCUT2D eigenvalue weighted by atomic mass is 16.5. The second kappa shape index (κ2) is 8.03. The molecule has 7 heteroatoms. The number of carbonyl (C=O) groups is 1. The summed E-state index contributed by atoms with van der Waals surface area (Å²) >= 11 is 0. The number of nitrogens with zero attached hydrogens (tertiary/aromatic N) is 3. The van der Waals surface area contributed by atoms with Gasteiger partial charge >= 0.3 is 0 Å². The minimum Gasteiger partial charge on any atom is -0.497 e. The first-order valence-corrected chi connectivity index (χ1v) is 9.90. The van der Waals surface area contributed by atoms with Crippen molar-refractivity contribution in [3.63, 3.8) is 0 Å². The number of H-pyrrole nitrogens is 1. The first kappa shape index (κ1) is 19.1. The van der Waals surface area contributed by atoms with Gasteiger partial charge in [0.1, 0.15) is 11.6 Å². The molecule has 1 atom stereocenters. The third-order valence-electron chi connectivity index (χ3n) is 5.73. The van der Waals surface area contributed by atoms with Crippen LogP contribution in [0.4, 0.5) is 0 Å². The van der Waals surface area contributed by atoms with Crippen molar-refractivity contribution in [3.8, 4) is 17.1 Å². The lowest BCUT2D eigenvalue weighted by atomic mass is 9.77. The fourth-order valence-electron chi connectivity index (χ4n) is 4.04. The van der Waals surface area contributed by atoms with Gasteiger partial charge in [-0.3, -0.25) is 14.9 Å². The van der Waals surface area contributed by atoms with E-state index >= 15 is 0 Å². The van der Waals surface area contributed by atoms with E-state index in [1.165, 1.54) is 0 Å². The summed E-state index contributed by atoms with van der Waals surface area (Å²) < 4.78 is 5.26. The van der Waals surface area contributed by atoms with Crippen molar-refractivity contribution in [2.24, 2.45) is 0 Å². The van der Waals surface area contributed by atoms with E-state index in [1.807, 2.05) is 43.3 Å². The Bertz CT molecular complexity index is 962. The maximum atomic E-state index is 13.4. The van der Waals surface area contributed by atoms with Gasteiger partial charge in [0.25, 0.3) is 0 Å². The predicted molar refractivity (Wildman–Crippen MR) is 109 cm³/mol. The first-order valence-electron chi connectivity index (χ1n) is 9.90. The molecular weight excluding hydrogens is 366 g/mol. The molecule has 1 amide bonds. The molecule has 1 aromatic carbocycles. The maximum Gasteiger partial charge on any atom is 0.231 e. The van der Waals surface area contributed by atoms with Gasteiger partial charge in [-0.2, -0.15) is 5.10 Å². The quantitative estimate of drug-likeness (QED) is 0.670. The van der Waals surface area contributed by atoms with Crippen LogP contribution in [0.2, 0.25) is 0 Å². The molecule has 2 heterocycles. The molecule has 1 aliphatic carbocycles. The van der Waals surface area contributed by atoms with E-state index in [0.29, 0.717) is 11.6 Å². The van der Waals surface area contributed by atoms with Crippen LogP contribution < -0.4 is 10.1 Å². The maximum absolute atomic E-state index is 13.4. The molecule has 2 aromatic heterocycles. The lowest BCUT2D eigenvalue weighted by molar-refractivity contribution is -0.127. The summed E-state index contributed by atoms with van der Waals surface area (Å²) in [6, 6.07) is 11.3. The molecule has 7 nitrogen and oxygen atoms in total. The Balaban J connectivity index is 1.53.